The summed E-state index contributed by atoms with van der Waals surface area (Å²) >= 11 is 0. The van der Waals surface area contributed by atoms with Crippen LogP contribution >= 0.6 is 0 Å². The fourth-order valence-electron chi connectivity index (χ4n) is 2.97. The van der Waals surface area contributed by atoms with Crippen molar-refractivity contribution in [2.24, 2.45) is 0 Å². The second-order valence-electron chi connectivity index (χ2n) is 5.65. The van der Waals surface area contributed by atoms with Gasteiger partial charge in [0, 0.05) is 18.6 Å². The van der Waals surface area contributed by atoms with Gasteiger partial charge in [0.25, 0.3) is 5.69 Å². The van der Waals surface area contributed by atoms with Crippen molar-refractivity contribution in [3.05, 3.63) is 22.2 Å². The van der Waals surface area contributed by atoms with Crippen molar-refractivity contribution in [1.29, 1.82) is 0 Å². The van der Waals surface area contributed by atoms with Gasteiger partial charge in [-0.15, -0.1) is 0 Å². The van der Waals surface area contributed by atoms with Crippen molar-refractivity contribution in [3.8, 4) is 0 Å². The van der Waals surface area contributed by atoms with Gasteiger partial charge in [0.05, 0.1) is 17.1 Å². The summed E-state index contributed by atoms with van der Waals surface area (Å²) < 4.78 is 0. The van der Waals surface area contributed by atoms with Crippen LogP contribution in [-0.2, 0) is 0 Å². The van der Waals surface area contributed by atoms with Gasteiger partial charge in [-0.05, 0) is 32.6 Å². The molecule has 6 nitrogen and oxygen atoms in total. The predicted molar refractivity (Wildman–Crippen MR) is 84.9 cm³/mol. The molecule has 0 spiro atoms. The molecule has 21 heavy (non-hydrogen) atoms. The highest BCUT2D eigenvalue weighted by Crippen LogP contribution is 2.33. The summed E-state index contributed by atoms with van der Waals surface area (Å²) in [6.07, 6.45) is 4.23. The van der Waals surface area contributed by atoms with Crippen LogP contribution in [0.1, 0.15) is 46.5 Å². The van der Waals surface area contributed by atoms with Gasteiger partial charge in [0.15, 0.2) is 0 Å². The molecule has 1 fully saturated rings. The summed E-state index contributed by atoms with van der Waals surface area (Å²) in [6, 6.07) is 3.92. The number of nitro groups is 1. The summed E-state index contributed by atoms with van der Waals surface area (Å²) in [5.41, 5.74) is 0.104. The van der Waals surface area contributed by atoms with Crippen molar-refractivity contribution in [1.82, 2.24) is 4.98 Å². The first-order chi connectivity index (χ1) is 10.1. The topological polar surface area (TPSA) is 71.3 Å². The highest BCUT2D eigenvalue weighted by molar-refractivity contribution is 5.57. The Labute approximate surface area is 125 Å². The van der Waals surface area contributed by atoms with Crippen LogP contribution in [-0.4, -0.2) is 28.5 Å². The molecule has 1 aromatic heterocycles. The van der Waals surface area contributed by atoms with Gasteiger partial charge in [-0.1, -0.05) is 13.8 Å². The molecule has 1 N–H and O–H groups in total. The Kier molecular flexibility index (Phi) is 4.98. The third-order valence-electron chi connectivity index (χ3n) is 4.09. The Morgan fingerprint density at radius 3 is 2.81 bits per heavy atom. The van der Waals surface area contributed by atoms with Gasteiger partial charge >= 0.3 is 0 Å². The quantitative estimate of drug-likeness (QED) is 0.641. The van der Waals surface area contributed by atoms with Crippen molar-refractivity contribution in [2.45, 2.75) is 58.5 Å². The molecule has 116 valence electrons. The van der Waals surface area contributed by atoms with Gasteiger partial charge in [-0.3, -0.25) is 10.1 Å². The smallest absolute Gasteiger partial charge is 0.276 e. The van der Waals surface area contributed by atoms with E-state index in [0.29, 0.717) is 17.9 Å². The number of nitrogens with one attached hydrogen (secondary N) is 1. The van der Waals surface area contributed by atoms with E-state index >= 15 is 0 Å². The van der Waals surface area contributed by atoms with Crippen LogP contribution in [0.5, 0.6) is 0 Å². The lowest BCUT2D eigenvalue weighted by Gasteiger charge is -2.29. The largest absolute Gasteiger partial charge is 0.370 e. The van der Waals surface area contributed by atoms with Gasteiger partial charge < -0.3 is 10.2 Å². The molecular formula is C15H24N4O2. The standard InChI is InChI=1S/C15H24N4O2/c1-4-8-16-14-9-13(19(20)21)10-15(17-14)18-11(3)6-7-12(18)5-2/h9-12H,4-8H2,1-3H3,(H,16,17). The summed E-state index contributed by atoms with van der Waals surface area (Å²) in [5, 5.41) is 14.3. The Morgan fingerprint density at radius 2 is 2.19 bits per heavy atom. The maximum atomic E-state index is 11.2. The van der Waals surface area contributed by atoms with Gasteiger partial charge in [0.2, 0.25) is 0 Å². The van der Waals surface area contributed by atoms with Gasteiger partial charge in [-0.2, -0.15) is 0 Å². The lowest BCUT2D eigenvalue weighted by molar-refractivity contribution is -0.384. The van der Waals surface area contributed by atoms with E-state index in [2.05, 4.69) is 36.0 Å². The first-order valence-corrected chi connectivity index (χ1v) is 7.75. The van der Waals surface area contributed by atoms with Crippen LogP contribution in [0.4, 0.5) is 17.3 Å². The predicted octanol–water partition coefficient (Wildman–Crippen LogP) is 3.58. The number of pyridine rings is 1. The Hall–Kier alpha value is -1.85. The summed E-state index contributed by atoms with van der Waals surface area (Å²) in [5.74, 6) is 1.31. The van der Waals surface area contributed by atoms with Gasteiger partial charge in [0.1, 0.15) is 11.6 Å². The fourth-order valence-corrected chi connectivity index (χ4v) is 2.97. The fraction of sp³-hybridized carbons (Fsp3) is 0.667. The van der Waals surface area contributed by atoms with E-state index in [1.54, 1.807) is 6.07 Å². The second-order valence-corrected chi connectivity index (χ2v) is 5.65. The molecule has 1 saturated heterocycles. The van der Waals surface area contributed by atoms with E-state index in [4.69, 9.17) is 0 Å². The maximum Gasteiger partial charge on any atom is 0.276 e. The summed E-state index contributed by atoms with van der Waals surface area (Å²) in [6.45, 7) is 7.14. The first kappa shape index (κ1) is 15.5. The number of hydrogen-bond acceptors (Lipinski definition) is 5. The highest BCUT2D eigenvalue weighted by Gasteiger charge is 2.31. The molecule has 2 unspecified atom stereocenters. The first-order valence-electron chi connectivity index (χ1n) is 7.75. The molecule has 0 radical (unpaired) electrons. The zero-order valence-corrected chi connectivity index (χ0v) is 13.0. The third kappa shape index (κ3) is 3.43. The molecular weight excluding hydrogens is 268 g/mol. The molecule has 2 atom stereocenters. The van der Waals surface area contributed by atoms with Crippen molar-refractivity contribution in [2.75, 3.05) is 16.8 Å². The summed E-state index contributed by atoms with van der Waals surface area (Å²) in [4.78, 5) is 17.6. The van der Waals surface area contributed by atoms with Crippen LogP contribution in [0.2, 0.25) is 0 Å². The average molecular weight is 292 g/mol. The molecule has 1 aliphatic heterocycles. The van der Waals surface area contributed by atoms with E-state index in [1.807, 2.05) is 0 Å². The zero-order valence-electron chi connectivity index (χ0n) is 13.0. The summed E-state index contributed by atoms with van der Waals surface area (Å²) in [7, 11) is 0. The lowest BCUT2D eigenvalue weighted by atomic mass is 10.1. The van der Waals surface area contributed by atoms with Crippen LogP contribution in [0.15, 0.2) is 12.1 Å². The molecule has 2 rings (SSSR count). The SMILES string of the molecule is CCCNc1cc([N+](=O)[O-])cc(N2C(C)CCC2CC)n1. The Morgan fingerprint density at radius 1 is 1.43 bits per heavy atom. The van der Waals surface area contributed by atoms with Crippen molar-refractivity contribution in [3.63, 3.8) is 0 Å². The van der Waals surface area contributed by atoms with E-state index in [0.717, 1.165) is 38.0 Å². The average Bonchev–Trinajstić information content (AvgIpc) is 2.85. The minimum absolute atomic E-state index is 0.104. The van der Waals surface area contributed by atoms with Crippen LogP contribution in [0.3, 0.4) is 0 Å². The minimum atomic E-state index is -0.343. The van der Waals surface area contributed by atoms with Gasteiger partial charge in [-0.25, -0.2) is 4.98 Å². The molecule has 0 amide bonds. The van der Waals surface area contributed by atoms with Crippen LogP contribution in [0.25, 0.3) is 0 Å². The number of anilines is 2. The van der Waals surface area contributed by atoms with E-state index in [1.165, 1.54) is 6.07 Å². The highest BCUT2D eigenvalue weighted by atomic mass is 16.6. The van der Waals surface area contributed by atoms with Crippen LogP contribution in [0, 0.1) is 10.1 Å². The van der Waals surface area contributed by atoms with E-state index < -0.39 is 0 Å². The minimum Gasteiger partial charge on any atom is -0.370 e. The molecule has 2 heterocycles. The molecule has 0 bridgehead atoms. The van der Waals surface area contributed by atoms with E-state index in [-0.39, 0.29) is 10.6 Å². The lowest BCUT2D eigenvalue weighted by Crippen LogP contribution is -2.34. The molecule has 6 heteroatoms. The number of aromatic nitrogens is 1. The Balaban J connectivity index is 2.36. The second kappa shape index (κ2) is 6.74. The Bertz CT molecular complexity index is 506. The van der Waals surface area contributed by atoms with E-state index in [9.17, 15) is 10.1 Å². The maximum absolute atomic E-state index is 11.2. The number of nitrogens with zero attached hydrogens (tertiary/aromatic N) is 3. The normalized spacial score (nSPS) is 21.6. The van der Waals surface area contributed by atoms with Crippen molar-refractivity contribution < 1.29 is 4.92 Å². The molecule has 0 aliphatic carbocycles. The molecule has 1 aromatic rings. The monoisotopic (exact) mass is 292 g/mol. The molecule has 0 aromatic carbocycles. The molecule has 1 aliphatic rings. The number of hydrogen-bond donors (Lipinski definition) is 1. The van der Waals surface area contributed by atoms with Crippen molar-refractivity contribution >= 4 is 17.3 Å². The zero-order chi connectivity index (χ0) is 15.4. The third-order valence-corrected chi connectivity index (χ3v) is 4.09. The number of rotatable bonds is 6. The molecule has 0 saturated carbocycles. The van der Waals surface area contributed by atoms with Crippen LogP contribution < -0.4 is 10.2 Å².